The number of nitrogens with one attached hydrogen (secondary N) is 3. The van der Waals surface area contributed by atoms with Gasteiger partial charge in [0, 0.05) is 55.8 Å². The van der Waals surface area contributed by atoms with Crippen molar-refractivity contribution < 1.29 is 14.3 Å². The third-order valence-corrected chi connectivity index (χ3v) is 5.81. The fourth-order valence-electron chi connectivity index (χ4n) is 4.27. The average molecular weight is 444 g/mol. The molecule has 4 heterocycles. The summed E-state index contributed by atoms with van der Waals surface area (Å²) in [6, 6.07) is 7.90. The number of H-pyrrole nitrogens is 1. The quantitative estimate of drug-likeness (QED) is 0.446. The zero-order valence-corrected chi connectivity index (χ0v) is 18.4. The molecule has 4 aromatic rings. The van der Waals surface area contributed by atoms with E-state index in [1.54, 1.807) is 19.4 Å². The molecule has 1 aromatic carbocycles. The Bertz CT molecular complexity index is 1370. The Morgan fingerprint density at radius 3 is 2.67 bits per heavy atom. The van der Waals surface area contributed by atoms with E-state index in [0.29, 0.717) is 30.1 Å². The Morgan fingerprint density at radius 1 is 1.09 bits per heavy atom. The maximum absolute atomic E-state index is 12.1. The molecule has 0 radical (unpaired) electrons. The van der Waals surface area contributed by atoms with E-state index < -0.39 is 0 Å². The molecule has 33 heavy (non-hydrogen) atoms. The summed E-state index contributed by atoms with van der Waals surface area (Å²) in [7, 11) is 1.60. The van der Waals surface area contributed by atoms with Gasteiger partial charge in [-0.3, -0.25) is 14.6 Å². The number of hydrogen-bond acceptors (Lipinski definition) is 6. The van der Waals surface area contributed by atoms with Crippen molar-refractivity contribution in [3.63, 3.8) is 0 Å². The molecule has 0 bridgehead atoms. The van der Waals surface area contributed by atoms with Gasteiger partial charge in [0.25, 0.3) is 5.91 Å². The van der Waals surface area contributed by atoms with E-state index in [1.165, 1.54) is 6.92 Å². The molecule has 0 unspecified atom stereocenters. The molecular weight excluding hydrogens is 420 g/mol. The summed E-state index contributed by atoms with van der Waals surface area (Å²) in [4.78, 5) is 38.4. The molecule has 0 saturated carbocycles. The minimum atomic E-state index is -0.186. The van der Waals surface area contributed by atoms with Crippen LogP contribution in [-0.2, 0) is 9.53 Å². The van der Waals surface area contributed by atoms with Gasteiger partial charge in [0.2, 0.25) is 5.91 Å². The molecule has 168 valence electrons. The summed E-state index contributed by atoms with van der Waals surface area (Å²) in [5.74, 6) is -0.333. The molecule has 9 nitrogen and oxygen atoms in total. The fourth-order valence-corrected chi connectivity index (χ4v) is 4.27. The molecule has 3 aromatic heterocycles. The van der Waals surface area contributed by atoms with Crippen molar-refractivity contribution in [2.24, 2.45) is 0 Å². The van der Waals surface area contributed by atoms with Crippen LogP contribution in [0.3, 0.4) is 0 Å². The lowest BCUT2D eigenvalue weighted by Crippen LogP contribution is -2.37. The van der Waals surface area contributed by atoms with Gasteiger partial charge in [0.15, 0.2) is 0 Å². The predicted octanol–water partition coefficient (Wildman–Crippen LogP) is 2.93. The van der Waals surface area contributed by atoms with Crippen LogP contribution < -0.4 is 15.5 Å². The molecule has 1 saturated heterocycles. The van der Waals surface area contributed by atoms with Crippen molar-refractivity contribution in [2.45, 2.75) is 6.92 Å². The first-order chi connectivity index (χ1) is 16.0. The zero-order chi connectivity index (χ0) is 22.9. The van der Waals surface area contributed by atoms with E-state index in [1.807, 2.05) is 24.4 Å². The third kappa shape index (κ3) is 3.87. The van der Waals surface area contributed by atoms with Crippen LogP contribution >= 0.6 is 0 Å². The van der Waals surface area contributed by atoms with Gasteiger partial charge in [-0.1, -0.05) is 6.07 Å². The average Bonchev–Trinajstić information content (AvgIpc) is 3.26. The van der Waals surface area contributed by atoms with Crippen LogP contribution in [0.5, 0.6) is 0 Å². The second-order valence-corrected chi connectivity index (χ2v) is 7.93. The van der Waals surface area contributed by atoms with E-state index in [4.69, 9.17) is 4.74 Å². The number of aromatic nitrogens is 3. The van der Waals surface area contributed by atoms with Gasteiger partial charge in [-0.05, 0) is 23.8 Å². The van der Waals surface area contributed by atoms with E-state index in [0.717, 1.165) is 46.2 Å². The fraction of sp³-hybridized carbons (Fsp3) is 0.250. The number of fused-ring (bicyclic) bond motifs is 2. The van der Waals surface area contributed by atoms with E-state index in [2.05, 4.69) is 36.6 Å². The number of nitrogens with zero attached hydrogens (tertiary/aromatic N) is 3. The number of hydrogen-bond donors (Lipinski definition) is 3. The number of morpholine rings is 1. The minimum Gasteiger partial charge on any atom is -0.378 e. The van der Waals surface area contributed by atoms with E-state index in [9.17, 15) is 9.59 Å². The number of anilines is 2. The van der Waals surface area contributed by atoms with Gasteiger partial charge >= 0.3 is 0 Å². The summed E-state index contributed by atoms with van der Waals surface area (Å²) in [5.41, 5.74) is 5.54. The summed E-state index contributed by atoms with van der Waals surface area (Å²) < 4.78 is 5.54. The second kappa shape index (κ2) is 8.51. The highest BCUT2D eigenvalue weighted by Gasteiger charge is 2.20. The SMILES string of the molecule is CNC(=O)c1cnc2[nH]cc(-c3ccc4ncc(NC(C)=O)c(N5CCOCC5)c4c3)c2c1. The van der Waals surface area contributed by atoms with Crippen LogP contribution in [-0.4, -0.2) is 60.1 Å². The number of rotatable bonds is 4. The first-order valence-corrected chi connectivity index (χ1v) is 10.8. The molecule has 3 N–H and O–H groups in total. The Morgan fingerprint density at radius 2 is 1.91 bits per heavy atom. The molecule has 0 spiro atoms. The number of carbonyl (C=O) groups excluding carboxylic acids is 2. The van der Waals surface area contributed by atoms with Crippen LogP contribution in [0, 0.1) is 0 Å². The first-order valence-electron chi connectivity index (χ1n) is 10.8. The Hall–Kier alpha value is -3.98. The Balaban J connectivity index is 1.69. The zero-order valence-electron chi connectivity index (χ0n) is 18.4. The maximum atomic E-state index is 12.1. The summed E-state index contributed by atoms with van der Waals surface area (Å²) in [5, 5.41) is 7.36. The van der Waals surface area contributed by atoms with E-state index in [-0.39, 0.29) is 11.8 Å². The van der Waals surface area contributed by atoms with Gasteiger partial charge < -0.3 is 25.3 Å². The van der Waals surface area contributed by atoms with Crippen LogP contribution in [0.1, 0.15) is 17.3 Å². The number of benzene rings is 1. The maximum Gasteiger partial charge on any atom is 0.252 e. The van der Waals surface area contributed by atoms with Crippen molar-refractivity contribution in [1.29, 1.82) is 0 Å². The third-order valence-electron chi connectivity index (χ3n) is 5.81. The van der Waals surface area contributed by atoms with Crippen molar-refractivity contribution >= 4 is 45.1 Å². The lowest BCUT2D eigenvalue weighted by atomic mass is 10.0. The van der Waals surface area contributed by atoms with Crippen LogP contribution in [0.2, 0.25) is 0 Å². The highest BCUT2D eigenvalue weighted by molar-refractivity contribution is 6.06. The summed E-state index contributed by atoms with van der Waals surface area (Å²) in [6.07, 6.45) is 5.16. The monoisotopic (exact) mass is 444 g/mol. The predicted molar refractivity (Wildman–Crippen MR) is 128 cm³/mol. The highest BCUT2D eigenvalue weighted by Crippen LogP contribution is 2.37. The molecule has 9 heteroatoms. The van der Waals surface area contributed by atoms with Crippen LogP contribution in [0.25, 0.3) is 33.1 Å². The van der Waals surface area contributed by atoms with Crippen molar-refractivity contribution in [1.82, 2.24) is 20.3 Å². The number of amides is 2. The van der Waals surface area contributed by atoms with E-state index >= 15 is 0 Å². The van der Waals surface area contributed by atoms with Crippen LogP contribution in [0.15, 0.2) is 42.9 Å². The van der Waals surface area contributed by atoms with Gasteiger partial charge in [-0.25, -0.2) is 4.98 Å². The highest BCUT2D eigenvalue weighted by atomic mass is 16.5. The van der Waals surface area contributed by atoms with Crippen molar-refractivity contribution in [3.05, 3.63) is 48.4 Å². The van der Waals surface area contributed by atoms with Crippen molar-refractivity contribution in [3.8, 4) is 11.1 Å². The normalized spacial score (nSPS) is 13.9. The Labute approximate surface area is 190 Å². The molecule has 5 rings (SSSR count). The number of aromatic amines is 1. The lowest BCUT2D eigenvalue weighted by molar-refractivity contribution is -0.114. The number of ether oxygens (including phenoxy) is 1. The summed E-state index contributed by atoms with van der Waals surface area (Å²) in [6.45, 7) is 4.19. The number of pyridine rings is 2. The molecule has 1 aliphatic heterocycles. The van der Waals surface area contributed by atoms with Crippen LogP contribution in [0.4, 0.5) is 11.4 Å². The van der Waals surface area contributed by atoms with Gasteiger partial charge in [0.05, 0.1) is 41.9 Å². The summed E-state index contributed by atoms with van der Waals surface area (Å²) >= 11 is 0. The smallest absolute Gasteiger partial charge is 0.252 e. The lowest BCUT2D eigenvalue weighted by Gasteiger charge is -2.31. The molecule has 0 atom stereocenters. The Kier molecular flexibility index (Phi) is 5.39. The molecule has 1 aliphatic rings. The minimum absolute atomic E-state index is 0.147. The van der Waals surface area contributed by atoms with Crippen molar-refractivity contribution in [2.75, 3.05) is 43.6 Å². The standard InChI is InChI=1S/C24H24N6O3/c1-14(31)29-21-13-26-20-4-3-15(9-18(20)22(21)30-5-7-33-8-6-30)19-12-28-23-17(19)10-16(11-27-23)24(32)25-2/h3-4,9-13H,5-8H2,1-2H3,(H,25,32)(H,27,28)(H,29,31). The largest absolute Gasteiger partial charge is 0.378 e. The van der Waals surface area contributed by atoms with Gasteiger partial charge in [-0.2, -0.15) is 0 Å². The number of carbonyl (C=O) groups is 2. The van der Waals surface area contributed by atoms with Gasteiger partial charge in [0.1, 0.15) is 5.65 Å². The topological polar surface area (TPSA) is 112 Å². The molecule has 1 fully saturated rings. The first kappa shape index (κ1) is 20.9. The van der Waals surface area contributed by atoms with Gasteiger partial charge in [-0.15, -0.1) is 0 Å². The molecule has 2 amide bonds. The molecule has 0 aliphatic carbocycles. The second-order valence-electron chi connectivity index (χ2n) is 7.93. The molecular formula is C24H24N6O3.